The van der Waals surface area contributed by atoms with Gasteiger partial charge in [-0.2, -0.15) is 4.98 Å². The number of anilines is 1. The van der Waals surface area contributed by atoms with E-state index in [1.165, 1.54) is 6.92 Å². The first kappa shape index (κ1) is 20.2. The number of hydrogen-bond donors (Lipinski definition) is 1. The summed E-state index contributed by atoms with van der Waals surface area (Å²) in [7, 11) is 0. The molecule has 3 aromatic rings. The van der Waals surface area contributed by atoms with Gasteiger partial charge in [0.15, 0.2) is 0 Å². The number of carbonyl (C=O) groups is 2. The summed E-state index contributed by atoms with van der Waals surface area (Å²) in [5.74, 6) is 1.22. The minimum absolute atomic E-state index is 0.111. The van der Waals surface area contributed by atoms with Gasteiger partial charge in [0.05, 0.1) is 17.8 Å². The van der Waals surface area contributed by atoms with Crippen molar-refractivity contribution < 1.29 is 14.1 Å². The molecule has 0 aliphatic carbocycles. The smallest absolute Gasteiger partial charge is 0.241 e. The Kier molecular flexibility index (Phi) is 6.20. The second kappa shape index (κ2) is 9.19. The van der Waals surface area contributed by atoms with Crippen LogP contribution in [0.25, 0.3) is 10.7 Å². The molecule has 156 valence electrons. The zero-order chi connectivity index (χ0) is 20.9. The van der Waals surface area contributed by atoms with Crippen LogP contribution < -0.4 is 5.32 Å². The highest BCUT2D eigenvalue weighted by molar-refractivity contribution is 7.13. The van der Waals surface area contributed by atoms with Gasteiger partial charge in [-0.25, -0.2) is 0 Å². The zero-order valence-corrected chi connectivity index (χ0v) is 17.5. The maximum atomic E-state index is 12.6. The molecule has 1 aliphatic rings. The summed E-state index contributed by atoms with van der Waals surface area (Å²) < 4.78 is 5.38. The van der Waals surface area contributed by atoms with E-state index in [0.717, 1.165) is 29.2 Å². The molecule has 3 heterocycles. The summed E-state index contributed by atoms with van der Waals surface area (Å²) in [6.45, 7) is 4.94. The van der Waals surface area contributed by atoms with Gasteiger partial charge in [0.1, 0.15) is 0 Å². The molecule has 2 aromatic heterocycles. The summed E-state index contributed by atoms with van der Waals surface area (Å²) in [4.78, 5) is 33.3. The third kappa shape index (κ3) is 5.11. The number of nitrogens with zero attached hydrogens (tertiary/aromatic N) is 4. The number of amides is 2. The highest BCUT2D eigenvalue weighted by Crippen LogP contribution is 2.21. The number of rotatable bonds is 6. The van der Waals surface area contributed by atoms with Crippen LogP contribution in [0.5, 0.6) is 0 Å². The number of aromatic nitrogens is 2. The fourth-order valence-corrected chi connectivity index (χ4v) is 4.02. The standard InChI is InChI=1S/C21H23N5O3S/c1-15(27)22-17-6-4-16(5-7-17)13-20(28)26-10-8-25(9-11-26)14-19-23-21(24-29-19)18-3-2-12-30-18/h2-7,12H,8-11,13-14H2,1H3,(H,22,27). The van der Waals surface area contributed by atoms with Crippen LogP contribution in [0.15, 0.2) is 46.3 Å². The summed E-state index contributed by atoms with van der Waals surface area (Å²) >= 11 is 1.58. The van der Waals surface area contributed by atoms with Crippen molar-refractivity contribution >= 4 is 28.8 Å². The highest BCUT2D eigenvalue weighted by atomic mass is 32.1. The zero-order valence-electron chi connectivity index (χ0n) is 16.7. The van der Waals surface area contributed by atoms with Gasteiger partial charge in [-0.05, 0) is 29.1 Å². The average molecular weight is 426 g/mol. The van der Waals surface area contributed by atoms with Crippen LogP contribution >= 0.6 is 11.3 Å². The van der Waals surface area contributed by atoms with Crippen molar-refractivity contribution in [2.75, 3.05) is 31.5 Å². The van der Waals surface area contributed by atoms with Crippen LogP contribution in [0.1, 0.15) is 18.4 Å². The lowest BCUT2D eigenvalue weighted by Gasteiger charge is -2.34. The van der Waals surface area contributed by atoms with Crippen LogP contribution in [-0.4, -0.2) is 57.9 Å². The van der Waals surface area contributed by atoms with Gasteiger partial charge in [0, 0.05) is 38.8 Å². The Hall–Kier alpha value is -3.04. The van der Waals surface area contributed by atoms with Crippen LogP contribution in [0.2, 0.25) is 0 Å². The summed E-state index contributed by atoms with van der Waals surface area (Å²) in [5.41, 5.74) is 1.67. The number of thiophene rings is 1. The normalized spacial score (nSPS) is 14.6. The van der Waals surface area contributed by atoms with Gasteiger partial charge < -0.3 is 14.7 Å². The molecular weight excluding hydrogens is 402 g/mol. The van der Waals surface area contributed by atoms with E-state index >= 15 is 0 Å². The molecule has 0 spiro atoms. The van der Waals surface area contributed by atoms with E-state index in [1.54, 1.807) is 11.3 Å². The molecule has 0 unspecified atom stereocenters. The molecule has 0 radical (unpaired) electrons. The first-order valence-corrected chi connectivity index (χ1v) is 10.7. The summed E-state index contributed by atoms with van der Waals surface area (Å²) in [6, 6.07) is 11.3. The molecule has 4 rings (SSSR count). The van der Waals surface area contributed by atoms with Crippen molar-refractivity contribution in [1.82, 2.24) is 19.9 Å². The van der Waals surface area contributed by atoms with Gasteiger partial charge in [-0.15, -0.1) is 11.3 Å². The quantitative estimate of drug-likeness (QED) is 0.653. The lowest BCUT2D eigenvalue weighted by molar-refractivity contribution is -0.132. The van der Waals surface area contributed by atoms with Crippen LogP contribution in [0, 0.1) is 0 Å². The van der Waals surface area contributed by atoms with Gasteiger partial charge >= 0.3 is 0 Å². The van der Waals surface area contributed by atoms with Crippen molar-refractivity contribution in [2.45, 2.75) is 19.9 Å². The SMILES string of the molecule is CC(=O)Nc1ccc(CC(=O)N2CCN(Cc3nc(-c4cccs4)no3)CC2)cc1. The van der Waals surface area contributed by atoms with Gasteiger partial charge in [-0.1, -0.05) is 23.4 Å². The maximum Gasteiger partial charge on any atom is 0.241 e. The van der Waals surface area contributed by atoms with E-state index < -0.39 is 0 Å². The number of hydrogen-bond acceptors (Lipinski definition) is 7. The third-order valence-electron chi connectivity index (χ3n) is 4.92. The molecule has 0 saturated carbocycles. The molecular formula is C21H23N5O3S. The largest absolute Gasteiger partial charge is 0.340 e. The number of carbonyl (C=O) groups excluding carboxylic acids is 2. The van der Waals surface area contributed by atoms with Crippen molar-refractivity contribution in [3.05, 3.63) is 53.2 Å². The number of nitrogens with one attached hydrogen (secondary N) is 1. The fraction of sp³-hybridized carbons (Fsp3) is 0.333. The van der Waals surface area contributed by atoms with Crippen LogP contribution in [0.4, 0.5) is 5.69 Å². The van der Waals surface area contributed by atoms with E-state index in [0.29, 0.717) is 37.8 Å². The van der Waals surface area contributed by atoms with Crippen molar-refractivity contribution in [3.63, 3.8) is 0 Å². The van der Waals surface area contributed by atoms with E-state index in [-0.39, 0.29) is 11.8 Å². The van der Waals surface area contributed by atoms with E-state index in [2.05, 4.69) is 20.4 Å². The Labute approximate surface area is 178 Å². The van der Waals surface area contributed by atoms with Gasteiger partial charge in [-0.3, -0.25) is 14.5 Å². The molecule has 30 heavy (non-hydrogen) atoms. The molecule has 0 bridgehead atoms. The first-order chi connectivity index (χ1) is 14.6. The Morgan fingerprint density at radius 1 is 1.13 bits per heavy atom. The lowest BCUT2D eigenvalue weighted by atomic mass is 10.1. The Bertz CT molecular complexity index is 992. The monoisotopic (exact) mass is 425 g/mol. The first-order valence-electron chi connectivity index (χ1n) is 9.80. The van der Waals surface area contributed by atoms with Crippen LogP contribution in [0.3, 0.4) is 0 Å². The van der Waals surface area contributed by atoms with Crippen LogP contribution in [-0.2, 0) is 22.6 Å². The Morgan fingerprint density at radius 2 is 1.90 bits per heavy atom. The number of piperazine rings is 1. The van der Waals surface area contributed by atoms with Gasteiger partial charge in [0.2, 0.25) is 23.5 Å². The second-order valence-corrected chi connectivity index (χ2v) is 8.15. The average Bonchev–Trinajstić information content (AvgIpc) is 3.41. The Balaban J connectivity index is 1.25. The van der Waals surface area contributed by atoms with Crippen molar-refractivity contribution in [1.29, 1.82) is 0 Å². The number of benzene rings is 1. The predicted octanol–water partition coefficient (Wildman–Crippen LogP) is 2.64. The molecule has 1 N–H and O–H groups in total. The molecule has 2 amide bonds. The molecule has 9 heteroatoms. The van der Waals surface area contributed by atoms with Gasteiger partial charge in [0.25, 0.3) is 0 Å². The van der Waals surface area contributed by atoms with Crippen molar-refractivity contribution in [3.8, 4) is 10.7 Å². The molecule has 8 nitrogen and oxygen atoms in total. The lowest BCUT2D eigenvalue weighted by Crippen LogP contribution is -2.48. The molecule has 1 aliphatic heterocycles. The second-order valence-electron chi connectivity index (χ2n) is 7.20. The summed E-state index contributed by atoms with van der Waals surface area (Å²) in [6.07, 6.45) is 0.355. The summed E-state index contributed by atoms with van der Waals surface area (Å²) in [5, 5.41) is 8.76. The minimum atomic E-state index is -0.111. The van der Waals surface area contributed by atoms with E-state index in [4.69, 9.17) is 4.52 Å². The fourth-order valence-electron chi connectivity index (χ4n) is 3.37. The third-order valence-corrected chi connectivity index (χ3v) is 5.79. The predicted molar refractivity (Wildman–Crippen MR) is 114 cm³/mol. The molecule has 1 saturated heterocycles. The highest BCUT2D eigenvalue weighted by Gasteiger charge is 2.23. The molecule has 1 aromatic carbocycles. The van der Waals surface area contributed by atoms with Crippen molar-refractivity contribution in [2.24, 2.45) is 0 Å². The molecule has 0 atom stereocenters. The minimum Gasteiger partial charge on any atom is -0.340 e. The van der Waals surface area contributed by atoms with E-state index in [1.807, 2.05) is 46.7 Å². The topological polar surface area (TPSA) is 91.6 Å². The molecule has 1 fully saturated rings. The Morgan fingerprint density at radius 3 is 2.57 bits per heavy atom. The van der Waals surface area contributed by atoms with E-state index in [9.17, 15) is 9.59 Å². The maximum absolute atomic E-state index is 12.6.